The maximum Gasteiger partial charge on any atom is 0.352 e. The molecule has 1 rings (SSSR count). The van der Waals surface area contributed by atoms with E-state index in [-0.39, 0.29) is 5.69 Å². The summed E-state index contributed by atoms with van der Waals surface area (Å²) in [5, 5.41) is 8.46. The highest BCUT2D eigenvalue weighted by Crippen LogP contribution is 2.24. The van der Waals surface area contributed by atoms with E-state index < -0.39 is 10.8 Å². The Morgan fingerprint density at radius 3 is 2.55 bits per heavy atom. The predicted octanol–water partition coefficient (Wildman–Crippen LogP) is 2.19. The Hall–Kier alpha value is -0.670. The van der Waals surface area contributed by atoms with Gasteiger partial charge < -0.3 is 10.1 Å². The second-order valence-corrected chi connectivity index (χ2v) is 3.05. The summed E-state index contributed by atoms with van der Waals surface area (Å²) in [6, 6.07) is 1.40. The van der Waals surface area contributed by atoms with Crippen molar-refractivity contribution in [3.05, 3.63) is 23.5 Å². The molecule has 0 atom stereocenters. The van der Waals surface area contributed by atoms with E-state index in [9.17, 15) is 4.79 Å². The molecule has 1 aromatic heterocycles. The van der Waals surface area contributed by atoms with Gasteiger partial charge in [0.25, 0.3) is 0 Å². The maximum absolute atomic E-state index is 10.3. The summed E-state index contributed by atoms with van der Waals surface area (Å²) in [4.78, 5) is 12.2. The lowest BCUT2D eigenvalue weighted by atomic mass is 10.3. The predicted molar refractivity (Wildman–Crippen MR) is 42.2 cm³/mol. The monoisotopic (exact) mass is 193 g/mol. The van der Waals surface area contributed by atoms with E-state index >= 15 is 0 Å². The van der Waals surface area contributed by atoms with Gasteiger partial charge in [-0.15, -0.1) is 23.2 Å². The Kier molecular flexibility index (Phi) is 2.42. The fraction of sp³-hybridized carbons (Fsp3) is 0.167. The summed E-state index contributed by atoms with van der Waals surface area (Å²) in [7, 11) is 0. The van der Waals surface area contributed by atoms with Crippen molar-refractivity contribution < 1.29 is 9.90 Å². The fourth-order valence-electron chi connectivity index (χ4n) is 0.661. The highest BCUT2D eigenvalue weighted by Gasteiger charge is 2.09. The van der Waals surface area contributed by atoms with Gasteiger partial charge >= 0.3 is 5.97 Å². The van der Waals surface area contributed by atoms with Gasteiger partial charge in [0.2, 0.25) is 0 Å². The number of aromatic carboxylic acids is 1. The highest BCUT2D eigenvalue weighted by molar-refractivity contribution is 6.44. The van der Waals surface area contributed by atoms with Crippen molar-refractivity contribution in [3.8, 4) is 0 Å². The van der Waals surface area contributed by atoms with Crippen LogP contribution in [0.4, 0.5) is 0 Å². The Bertz CT molecular complexity index is 269. The third kappa shape index (κ3) is 1.88. The molecule has 0 saturated carbocycles. The van der Waals surface area contributed by atoms with Gasteiger partial charge in [-0.1, -0.05) is 0 Å². The SMILES string of the molecule is O=C(O)c1cc(C(Cl)Cl)c[nH]1. The Balaban J connectivity index is 2.90. The van der Waals surface area contributed by atoms with Crippen LogP contribution in [0, 0.1) is 0 Å². The van der Waals surface area contributed by atoms with Gasteiger partial charge in [-0.3, -0.25) is 0 Å². The molecule has 0 saturated heterocycles. The fourth-order valence-corrected chi connectivity index (χ4v) is 0.913. The number of alkyl halides is 2. The number of aromatic nitrogens is 1. The molecule has 0 aliphatic carbocycles. The van der Waals surface area contributed by atoms with Gasteiger partial charge in [0.15, 0.2) is 0 Å². The molecule has 0 aromatic carbocycles. The molecule has 0 spiro atoms. The first kappa shape index (κ1) is 8.43. The van der Waals surface area contributed by atoms with Gasteiger partial charge in [-0.2, -0.15) is 0 Å². The molecule has 60 valence electrons. The van der Waals surface area contributed by atoms with Gasteiger partial charge in [0.1, 0.15) is 10.5 Å². The minimum Gasteiger partial charge on any atom is -0.477 e. The molecule has 2 N–H and O–H groups in total. The van der Waals surface area contributed by atoms with Gasteiger partial charge in [0, 0.05) is 11.8 Å². The van der Waals surface area contributed by atoms with Crippen LogP contribution >= 0.6 is 23.2 Å². The second-order valence-electron chi connectivity index (χ2n) is 1.95. The van der Waals surface area contributed by atoms with Crippen LogP contribution in [0.3, 0.4) is 0 Å². The van der Waals surface area contributed by atoms with Crippen LogP contribution < -0.4 is 0 Å². The first-order valence-electron chi connectivity index (χ1n) is 2.81. The number of halogens is 2. The molecule has 0 bridgehead atoms. The van der Waals surface area contributed by atoms with E-state index in [0.29, 0.717) is 5.56 Å². The lowest BCUT2D eigenvalue weighted by molar-refractivity contribution is 0.0691. The number of carboxylic acids is 1. The first-order valence-corrected chi connectivity index (χ1v) is 3.68. The molecular weight excluding hydrogens is 189 g/mol. The number of aromatic amines is 1. The zero-order valence-corrected chi connectivity index (χ0v) is 6.86. The minimum absolute atomic E-state index is 0.0892. The van der Waals surface area contributed by atoms with E-state index in [0.717, 1.165) is 0 Å². The summed E-state index contributed by atoms with van der Waals surface area (Å²) in [6.07, 6.45) is 1.47. The van der Waals surface area contributed by atoms with Crippen LogP contribution in [0.1, 0.15) is 20.9 Å². The highest BCUT2D eigenvalue weighted by atomic mass is 35.5. The van der Waals surface area contributed by atoms with Gasteiger partial charge in [-0.05, 0) is 6.07 Å². The van der Waals surface area contributed by atoms with Crippen LogP contribution in [0.5, 0.6) is 0 Å². The normalized spacial score (nSPS) is 10.5. The largest absolute Gasteiger partial charge is 0.477 e. The molecule has 0 aliphatic rings. The Morgan fingerprint density at radius 2 is 2.27 bits per heavy atom. The third-order valence-corrected chi connectivity index (χ3v) is 1.69. The molecule has 0 aliphatic heterocycles. The van der Waals surface area contributed by atoms with E-state index in [1.54, 1.807) is 0 Å². The number of hydrogen-bond donors (Lipinski definition) is 2. The average molecular weight is 194 g/mol. The van der Waals surface area contributed by atoms with Crippen molar-refractivity contribution in [2.75, 3.05) is 0 Å². The minimum atomic E-state index is -1.02. The van der Waals surface area contributed by atoms with Crippen LogP contribution in [-0.4, -0.2) is 16.1 Å². The van der Waals surface area contributed by atoms with E-state index in [2.05, 4.69) is 4.98 Å². The topological polar surface area (TPSA) is 53.1 Å². The molecule has 0 unspecified atom stereocenters. The van der Waals surface area contributed by atoms with Crippen molar-refractivity contribution in [2.45, 2.75) is 4.84 Å². The quantitative estimate of drug-likeness (QED) is 0.709. The first-order chi connectivity index (χ1) is 5.11. The molecular formula is C6H5Cl2NO2. The number of nitrogens with one attached hydrogen (secondary N) is 1. The van der Waals surface area contributed by atoms with Crippen molar-refractivity contribution in [2.24, 2.45) is 0 Å². The number of rotatable bonds is 2. The van der Waals surface area contributed by atoms with Crippen LogP contribution in [0.25, 0.3) is 0 Å². The molecule has 11 heavy (non-hydrogen) atoms. The zero-order chi connectivity index (χ0) is 8.43. The maximum atomic E-state index is 10.3. The van der Waals surface area contributed by atoms with E-state index in [4.69, 9.17) is 28.3 Å². The van der Waals surface area contributed by atoms with Gasteiger partial charge in [0.05, 0.1) is 0 Å². The second kappa shape index (κ2) is 3.15. The smallest absolute Gasteiger partial charge is 0.352 e. The van der Waals surface area contributed by atoms with Crippen LogP contribution in [-0.2, 0) is 0 Å². The van der Waals surface area contributed by atoms with Gasteiger partial charge in [-0.25, -0.2) is 4.79 Å². The summed E-state index contributed by atoms with van der Waals surface area (Å²) < 4.78 is 0. The molecule has 0 amide bonds. The summed E-state index contributed by atoms with van der Waals surface area (Å²) in [6.45, 7) is 0. The van der Waals surface area contributed by atoms with E-state index in [1.165, 1.54) is 12.3 Å². The van der Waals surface area contributed by atoms with Crippen LogP contribution in [0.15, 0.2) is 12.3 Å². The third-order valence-electron chi connectivity index (χ3n) is 1.19. The number of carbonyl (C=O) groups is 1. The Morgan fingerprint density at radius 1 is 1.64 bits per heavy atom. The summed E-state index contributed by atoms with van der Waals surface area (Å²) in [5.74, 6) is -1.02. The van der Waals surface area contributed by atoms with Crippen molar-refractivity contribution in [1.29, 1.82) is 0 Å². The molecule has 1 heterocycles. The van der Waals surface area contributed by atoms with Crippen molar-refractivity contribution >= 4 is 29.2 Å². The molecule has 3 nitrogen and oxygen atoms in total. The van der Waals surface area contributed by atoms with Crippen molar-refractivity contribution in [1.82, 2.24) is 4.98 Å². The Labute approximate surface area is 72.9 Å². The molecule has 0 radical (unpaired) electrons. The molecule has 0 fully saturated rings. The van der Waals surface area contributed by atoms with Crippen LogP contribution in [0.2, 0.25) is 0 Å². The molecule has 1 aromatic rings. The lowest BCUT2D eigenvalue weighted by Crippen LogP contribution is -1.94. The number of carboxylic acid groups (broad SMARTS) is 1. The lowest BCUT2D eigenvalue weighted by Gasteiger charge is -1.91. The average Bonchev–Trinajstić information content (AvgIpc) is 2.33. The van der Waals surface area contributed by atoms with E-state index in [1.807, 2.05) is 0 Å². The number of hydrogen-bond acceptors (Lipinski definition) is 1. The number of H-pyrrole nitrogens is 1. The zero-order valence-electron chi connectivity index (χ0n) is 5.34. The summed E-state index contributed by atoms with van der Waals surface area (Å²) >= 11 is 10.9. The molecule has 5 heteroatoms. The summed E-state index contributed by atoms with van der Waals surface area (Å²) in [5.41, 5.74) is 0.650. The standard InChI is InChI=1S/C6H5Cl2NO2/c7-5(8)3-1-4(6(10)11)9-2-3/h1-2,5,9H,(H,10,11). The van der Waals surface area contributed by atoms with Crippen molar-refractivity contribution in [3.63, 3.8) is 0 Å².